The highest BCUT2D eigenvalue weighted by Gasteiger charge is 2.24. The average Bonchev–Trinajstić information content (AvgIpc) is 2.79. The first-order valence-electron chi connectivity index (χ1n) is 7.58. The Morgan fingerprint density at radius 3 is 2.95 bits per heavy atom. The maximum absolute atomic E-state index is 4.38. The molecule has 1 saturated carbocycles. The number of hydrogen-bond donors (Lipinski definition) is 1. The standard InChI is InChI=1S/C15H27N3S/c1-3-16-15-8-6-4-5-7-13(15)9-18(2)10-14-11-19-12-17-14/h11-13,15-16H,3-10H2,1-2H3. The van der Waals surface area contributed by atoms with Crippen molar-refractivity contribution in [2.75, 3.05) is 20.1 Å². The van der Waals surface area contributed by atoms with E-state index in [1.807, 2.05) is 5.51 Å². The SMILES string of the molecule is CCNC1CCCCCC1CN(C)Cc1cscn1. The van der Waals surface area contributed by atoms with Gasteiger partial charge in [-0.25, -0.2) is 4.98 Å². The molecule has 1 aromatic rings. The number of aromatic nitrogens is 1. The summed E-state index contributed by atoms with van der Waals surface area (Å²) < 4.78 is 0. The molecule has 0 saturated heterocycles. The molecule has 19 heavy (non-hydrogen) atoms. The van der Waals surface area contributed by atoms with Gasteiger partial charge in [0, 0.05) is 24.5 Å². The Morgan fingerprint density at radius 2 is 2.21 bits per heavy atom. The fourth-order valence-corrected chi connectivity index (χ4v) is 3.74. The van der Waals surface area contributed by atoms with Crippen molar-refractivity contribution in [3.63, 3.8) is 0 Å². The van der Waals surface area contributed by atoms with Crippen LogP contribution in [0.25, 0.3) is 0 Å². The van der Waals surface area contributed by atoms with E-state index in [1.54, 1.807) is 11.3 Å². The first-order valence-corrected chi connectivity index (χ1v) is 8.53. The molecule has 2 unspecified atom stereocenters. The molecule has 0 spiro atoms. The van der Waals surface area contributed by atoms with E-state index in [2.05, 4.69) is 34.6 Å². The van der Waals surface area contributed by atoms with Crippen LogP contribution in [0.1, 0.15) is 44.7 Å². The molecule has 0 aliphatic heterocycles. The molecule has 1 heterocycles. The molecular formula is C15H27N3S. The van der Waals surface area contributed by atoms with Gasteiger partial charge in [0.15, 0.2) is 0 Å². The van der Waals surface area contributed by atoms with Crippen molar-refractivity contribution < 1.29 is 0 Å². The highest BCUT2D eigenvalue weighted by Crippen LogP contribution is 2.24. The summed E-state index contributed by atoms with van der Waals surface area (Å²) in [7, 11) is 2.23. The number of nitrogens with one attached hydrogen (secondary N) is 1. The first kappa shape index (κ1) is 14.9. The Balaban J connectivity index is 1.86. The van der Waals surface area contributed by atoms with Gasteiger partial charge in [-0.15, -0.1) is 11.3 Å². The molecule has 0 amide bonds. The third-order valence-electron chi connectivity index (χ3n) is 4.09. The Hall–Kier alpha value is -0.450. The van der Waals surface area contributed by atoms with Crippen molar-refractivity contribution in [1.29, 1.82) is 0 Å². The summed E-state index contributed by atoms with van der Waals surface area (Å²) in [6.07, 6.45) is 6.93. The predicted molar refractivity (Wildman–Crippen MR) is 82.5 cm³/mol. The van der Waals surface area contributed by atoms with Crippen molar-refractivity contribution in [3.05, 3.63) is 16.6 Å². The third-order valence-corrected chi connectivity index (χ3v) is 4.72. The fraction of sp³-hybridized carbons (Fsp3) is 0.800. The highest BCUT2D eigenvalue weighted by atomic mass is 32.1. The monoisotopic (exact) mass is 281 g/mol. The maximum Gasteiger partial charge on any atom is 0.0795 e. The minimum absolute atomic E-state index is 0.713. The lowest BCUT2D eigenvalue weighted by atomic mass is 9.94. The second-order valence-electron chi connectivity index (χ2n) is 5.74. The second kappa shape index (κ2) is 7.98. The summed E-state index contributed by atoms with van der Waals surface area (Å²) in [4.78, 5) is 6.82. The number of hydrogen-bond acceptors (Lipinski definition) is 4. The molecule has 0 aromatic carbocycles. The van der Waals surface area contributed by atoms with Crippen LogP contribution in [0.5, 0.6) is 0 Å². The lowest BCUT2D eigenvalue weighted by molar-refractivity contribution is 0.218. The van der Waals surface area contributed by atoms with Gasteiger partial charge >= 0.3 is 0 Å². The summed E-state index contributed by atoms with van der Waals surface area (Å²) in [6.45, 7) is 5.49. The van der Waals surface area contributed by atoms with Gasteiger partial charge in [0.1, 0.15) is 0 Å². The van der Waals surface area contributed by atoms with Crippen molar-refractivity contribution >= 4 is 11.3 Å². The molecular weight excluding hydrogens is 254 g/mol. The number of rotatable bonds is 6. The topological polar surface area (TPSA) is 28.2 Å². The van der Waals surface area contributed by atoms with Crippen molar-refractivity contribution in [2.45, 2.75) is 51.6 Å². The number of thiazole rings is 1. The van der Waals surface area contributed by atoms with E-state index in [0.717, 1.165) is 19.0 Å². The molecule has 2 rings (SSSR count). The maximum atomic E-state index is 4.38. The largest absolute Gasteiger partial charge is 0.314 e. The summed E-state index contributed by atoms with van der Waals surface area (Å²) in [5.74, 6) is 0.797. The van der Waals surface area contributed by atoms with Crippen LogP contribution in [0.2, 0.25) is 0 Å². The highest BCUT2D eigenvalue weighted by molar-refractivity contribution is 7.07. The minimum atomic E-state index is 0.713. The Bertz CT molecular complexity index is 339. The molecule has 4 heteroatoms. The Labute approximate surface area is 121 Å². The summed E-state index contributed by atoms with van der Waals surface area (Å²) >= 11 is 1.69. The summed E-state index contributed by atoms with van der Waals surface area (Å²) in [5.41, 5.74) is 3.14. The van der Waals surface area contributed by atoms with Gasteiger partial charge in [0.25, 0.3) is 0 Å². The Morgan fingerprint density at radius 1 is 1.37 bits per heavy atom. The van der Waals surface area contributed by atoms with Crippen LogP contribution in [0.3, 0.4) is 0 Å². The lowest BCUT2D eigenvalue weighted by Crippen LogP contribution is -2.40. The molecule has 1 aliphatic rings. The van der Waals surface area contributed by atoms with Crippen molar-refractivity contribution in [3.8, 4) is 0 Å². The lowest BCUT2D eigenvalue weighted by Gasteiger charge is -2.29. The van der Waals surface area contributed by atoms with E-state index in [1.165, 1.54) is 44.3 Å². The Kier molecular flexibility index (Phi) is 6.28. The van der Waals surface area contributed by atoms with Gasteiger partial charge in [0.05, 0.1) is 11.2 Å². The molecule has 3 nitrogen and oxygen atoms in total. The van der Waals surface area contributed by atoms with Gasteiger partial charge in [0.2, 0.25) is 0 Å². The zero-order valence-corrected chi connectivity index (χ0v) is 13.1. The zero-order chi connectivity index (χ0) is 13.5. The molecule has 0 radical (unpaired) electrons. The third kappa shape index (κ3) is 4.86. The smallest absolute Gasteiger partial charge is 0.0795 e. The van der Waals surface area contributed by atoms with Crippen molar-refractivity contribution in [2.24, 2.45) is 5.92 Å². The van der Waals surface area contributed by atoms with Gasteiger partial charge in [-0.05, 0) is 32.4 Å². The molecule has 1 aliphatic carbocycles. The van der Waals surface area contributed by atoms with Crippen LogP contribution in [0, 0.1) is 5.92 Å². The van der Waals surface area contributed by atoms with Gasteiger partial charge in [-0.2, -0.15) is 0 Å². The van der Waals surface area contributed by atoms with Crippen LogP contribution in [0.4, 0.5) is 0 Å². The summed E-state index contributed by atoms with van der Waals surface area (Å²) in [6, 6.07) is 0.713. The second-order valence-corrected chi connectivity index (χ2v) is 6.46. The predicted octanol–water partition coefficient (Wildman–Crippen LogP) is 3.13. The van der Waals surface area contributed by atoms with Crippen LogP contribution in [-0.4, -0.2) is 36.1 Å². The molecule has 2 atom stereocenters. The first-order chi connectivity index (χ1) is 9.29. The van der Waals surface area contributed by atoms with Gasteiger partial charge < -0.3 is 10.2 Å². The molecule has 108 valence electrons. The molecule has 0 bridgehead atoms. The van der Waals surface area contributed by atoms with E-state index in [4.69, 9.17) is 0 Å². The molecule has 1 N–H and O–H groups in total. The van der Waals surface area contributed by atoms with Crippen LogP contribution >= 0.6 is 11.3 Å². The molecule has 1 aromatic heterocycles. The fourth-order valence-electron chi connectivity index (χ4n) is 3.19. The van der Waals surface area contributed by atoms with Crippen LogP contribution in [0.15, 0.2) is 10.9 Å². The quantitative estimate of drug-likeness (QED) is 0.812. The minimum Gasteiger partial charge on any atom is -0.314 e. The van der Waals surface area contributed by atoms with E-state index in [0.29, 0.717) is 6.04 Å². The van der Waals surface area contributed by atoms with Crippen LogP contribution < -0.4 is 5.32 Å². The van der Waals surface area contributed by atoms with Crippen molar-refractivity contribution in [1.82, 2.24) is 15.2 Å². The zero-order valence-electron chi connectivity index (χ0n) is 12.3. The van der Waals surface area contributed by atoms with Crippen LogP contribution in [-0.2, 0) is 6.54 Å². The van der Waals surface area contributed by atoms with E-state index in [9.17, 15) is 0 Å². The van der Waals surface area contributed by atoms with E-state index < -0.39 is 0 Å². The molecule has 1 fully saturated rings. The number of nitrogens with zero attached hydrogens (tertiary/aromatic N) is 2. The normalized spacial score (nSPS) is 24.6. The summed E-state index contributed by atoms with van der Waals surface area (Å²) in [5, 5.41) is 5.86. The van der Waals surface area contributed by atoms with E-state index >= 15 is 0 Å². The van der Waals surface area contributed by atoms with E-state index in [-0.39, 0.29) is 0 Å². The van der Waals surface area contributed by atoms with Gasteiger partial charge in [-0.3, -0.25) is 0 Å². The average molecular weight is 281 g/mol. The van der Waals surface area contributed by atoms with Gasteiger partial charge in [-0.1, -0.05) is 26.2 Å².